The minimum atomic E-state index is -0.268. The minimum Gasteiger partial charge on any atom is -0.313 e. The van der Waals surface area contributed by atoms with Crippen LogP contribution < -0.4 is 5.32 Å². The fraction of sp³-hybridized carbons (Fsp3) is 0.250. The number of hydrogen-bond acceptors (Lipinski definition) is 2. The van der Waals surface area contributed by atoms with E-state index in [1.165, 1.54) is 6.07 Å². The lowest BCUT2D eigenvalue weighted by Gasteiger charge is -2.10. The summed E-state index contributed by atoms with van der Waals surface area (Å²) in [6.45, 7) is 3.49. The van der Waals surface area contributed by atoms with Crippen molar-refractivity contribution in [2.45, 2.75) is 13.5 Å². The molecule has 1 aromatic carbocycles. The predicted molar refractivity (Wildman–Crippen MR) is 68.6 cm³/mol. The number of aromatic nitrogens is 2. The summed E-state index contributed by atoms with van der Waals surface area (Å²) in [5, 5.41) is 7.31. The summed E-state index contributed by atoms with van der Waals surface area (Å²) < 4.78 is 16.2. The molecule has 5 heteroatoms. The van der Waals surface area contributed by atoms with Crippen molar-refractivity contribution < 1.29 is 4.39 Å². The van der Waals surface area contributed by atoms with Gasteiger partial charge >= 0.3 is 0 Å². The summed E-state index contributed by atoms with van der Waals surface area (Å²) in [6.07, 6.45) is 3.39. The van der Waals surface area contributed by atoms with E-state index in [1.807, 2.05) is 13.0 Å². The fourth-order valence-electron chi connectivity index (χ4n) is 1.64. The quantitative estimate of drug-likeness (QED) is 0.940. The molecular weight excluding hydrogens is 285 g/mol. The van der Waals surface area contributed by atoms with E-state index in [1.54, 1.807) is 23.1 Å². The molecule has 1 N–H and O–H groups in total. The standard InChI is InChI=1S/C12H13BrFN3/c1-2-15-6-9-4-3-5-11(14)12(9)17-8-10(13)7-16-17/h3-5,7-8,15H,2,6H2,1H3. The number of benzene rings is 1. The van der Waals surface area contributed by atoms with Crippen molar-refractivity contribution in [3.8, 4) is 5.69 Å². The van der Waals surface area contributed by atoms with Gasteiger partial charge in [-0.1, -0.05) is 19.1 Å². The van der Waals surface area contributed by atoms with Crippen LogP contribution in [0.4, 0.5) is 4.39 Å². The van der Waals surface area contributed by atoms with E-state index in [-0.39, 0.29) is 5.82 Å². The zero-order chi connectivity index (χ0) is 12.3. The molecule has 0 saturated heterocycles. The Morgan fingerprint density at radius 1 is 1.47 bits per heavy atom. The third-order valence-electron chi connectivity index (χ3n) is 2.42. The SMILES string of the molecule is CCNCc1cccc(F)c1-n1cc(Br)cn1. The van der Waals surface area contributed by atoms with Gasteiger partial charge in [-0.05, 0) is 34.1 Å². The smallest absolute Gasteiger partial charge is 0.149 e. The maximum absolute atomic E-state index is 13.9. The van der Waals surface area contributed by atoms with Crippen LogP contribution in [0.1, 0.15) is 12.5 Å². The normalized spacial score (nSPS) is 10.8. The summed E-state index contributed by atoms with van der Waals surface area (Å²) >= 11 is 3.31. The maximum atomic E-state index is 13.9. The molecule has 0 bridgehead atoms. The van der Waals surface area contributed by atoms with E-state index in [4.69, 9.17) is 0 Å². The highest BCUT2D eigenvalue weighted by Crippen LogP contribution is 2.20. The van der Waals surface area contributed by atoms with E-state index < -0.39 is 0 Å². The van der Waals surface area contributed by atoms with Gasteiger partial charge in [0.1, 0.15) is 11.5 Å². The number of hydrogen-bond donors (Lipinski definition) is 1. The molecule has 0 fully saturated rings. The van der Waals surface area contributed by atoms with E-state index in [9.17, 15) is 4.39 Å². The molecule has 1 heterocycles. The zero-order valence-corrected chi connectivity index (χ0v) is 11.0. The number of para-hydroxylation sites is 1. The second kappa shape index (κ2) is 5.42. The highest BCUT2D eigenvalue weighted by molar-refractivity contribution is 9.10. The molecular formula is C12H13BrFN3. The molecule has 0 amide bonds. The lowest BCUT2D eigenvalue weighted by Crippen LogP contribution is -2.15. The predicted octanol–water partition coefficient (Wildman–Crippen LogP) is 2.88. The van der Waals surface area contributed by atoms with Gasteiger partial charge in [-0.2, -0.15) is 5.10 Å². The van der Waals surface area contributed by atoms with Crippen molar-refractivity contribution in [1.29, 1.82) is 0 Å². The molecule has 0 atom stereocenters. The van der Waals surface area contributed by atoms with Gasteiger partial charge in [0.2, 0.25) is 0 Å². The molecule has 0 radical (unpaired) electrons. The largest absolute Gasteiger partial charge is 0.313 e. The Kier molecular flexibility index (Phi) is 3.91. The molecule has 17 heavy (non-hydrogen) atoms. The summed E-state index contributed by atoms with van der Waals surface area (Å²) in [4.78, 5) is 0. The Balaban J connectivity index is 2.43. The van der Waals surface area contributed by atoms with Gasteiger partial charge in [0, 0.05) is 12.7 Å². The van der Waals surface area contributed by atoms with Crippen molar-refractivity contribution in [1.82, 2.24) is 15.1 Å². The Morgan fingerprint density at radius 3 is 2.94 bits per heavy atom. The Labute approximate surface area is 108 Å². The lowest BCUT2D eigenvalue weighted by atomic mass is 10.1. The van der Waals surface area contributed by atoms with E-state index in [0.717, 1.165) is 16.6 Å². The van der Waals surface area contributed by atoms with Crippen LogP contribution in [-0.4, -0.2) is 16.3 Å². The average molecular weight is 298 g/mol. The number of nitrogens with one attached hydrogen (secondary N) is 1. The lowest BCUT2D eigenvalue weighted by molar-refractivity contribution is 0.602. The number of halogens is 2. The van der Waals surface area contributed by atoms with Crippen molar-refractivity contribution >= 4 is 15.9 Å². The van der Waals surface area contributed by atoms with Crippen molar-refractivity contribution in [3.05, 3.63) is 46.4 Å². The first kappa shape index (κ1) is 12.3. The van der Waals surface area contributed by atoms with Crippen LogP contribution in [0.25, 0.3) is 5.69 Å². The Morgan fingerprint density at radius 2 is 2.29 bits per heavy atom. The average Bonchev–Trinajstić information content (AvgIpc) is 2.73. The van der Waals surface area contributed by atoms with Crippen LogP contribution >= 0.6 is 15.9 Å². The van der Waals surface area contributed by atoms with E-state index in [2.05, 4.69) is 26.3 Å². The third-order valence-corrected chi connectivity index (χ3v) is 2.83. The summed E-state index contributed by atoms with van der Waals surface area (Å²) in [5.74, 6) is -0.268. The number of rotatable bonds is 4. The van der Waals surface area contributed by atoms with Crippen LogP contribution in [0.2, 0.25) is 0 Å². The van der Waals surface area contributed by atoms with Crippen molar-refractivity contribution in [2.75, 3.05) is 6.54 Å². The van der Waals surface area contributed by atoms with E-state index >= 15 is 0 Å². The van der Waals surface area contributed by atoms with Gasteiger partial charge in [0.25, 0.3) is 0 Å². The molecule has 3 nitrogen and oxygen atoms in total. The minimum absolute atomic E-state index is 0.268. The maximum Gasteiger partial charge on any atom is 0.149 e. The van der Waals surface area contributed by atoms with Crippen molar-refractivity contribution in [2.24, 2.45) is 0 Å². The molecule has 0 unspecified atom stereocenters. The van der Waals surface area contributed by atoms with Gasteiger partial charge in [-0.25, -0.2) is 9.07 Å². The first-order valence-electron chi connectivity index (χ1n) is 5.41. The number of nitrogens with zero attached hydrogens (tertiary/aromatic N) is 2. The third kappa shape index (κ3) is 2.73. The van der Waals surface area contributed by atoms with Crippen LogP contribution in [-0.2, 0) is 6.54 Å². The first-order valence-corrected chi connectivity index (χ1v) is 6.20. The van der Waals surface area contributed by atoms with Gasteiger partial charge in [-0.3, -0.25) is 0 Å². The van der Waals surface area contributed by atoms with Crippen LogP contribution in [0.5, 0.6) is 0 Å². The van der Waals surface area contributed by atoms with Gasteiger partial charge in [0.05, 0.1) is 10.7 Å². The molecule has 0 aliphatic rings. The monoisotopic (exact) mass is 297 g/mol. The fourth-order valence-corrected chi connectivity index (χ4v) is 1.93. The highest BCUT2D eigenvalue weighted by Gasteiger charge is 2.11. The van der Waals surface area contributed by atoms with Crippen molar-refractivity contribution in [3.63, 3.8) is 0 Å². The second-order valence-electron chi connectivity index (χ2n) is 3.63. The molecule has 0 spiro atoms. The highest BCUT2D eigenvalue weighted by atomic mass is 79.9. The first-order chi connectivity index (χ1) is 8.22. The second-order valence-corrected chi connectivity index (χ2v) is 4.55. The Bertz CT molecular complexity index is 510. The molecule has 2 rings (SSSR count). The Hall–Kier alpha value is -1.20. The van der Waals surface area contributed by atoms with Gasteiger partial charge in [-0.15, -0.1) is 0 Å². The molecule has 2 aromatic rings. The van der Waals surface area contributed by atoms with Crippen LogP contribution in [0.15, 0.2) is 35.1 Å². The zero-order valence-electron chi connectivity index (χ0n) is 9.45. The summed E-state index contributed by atoms with van der Waals surface area (Å²) in [7, 11) is 0. The molecule has 1 aromatic heterocycles. The summed E-state index contributed by atoms with van der Waals surface area (Å²) in [5.41, 5.74) is 1.39. The molecule has 0 saturated carbocycles. The van der Waals surface area contributed by atoms with E-state index in [0.29, 0.717) is 12.2 Å². The molecule has 90 valence electrons. The molecule has 0 aliphatic heterocycles. The van der Waals surface area contributed by atoms with Crippen LogP contribution in [0.3, 0.4) is 0 Å². The molecule has 0 aliphatic carbocycles. The topological polar surface area (TPSA) is 29.9 Å². The van der Waals surface area contributed by atoms with Gasteiger partial charge in [0.15, 0.2) is 0 Å². The van der Waals surface area contributed by atoms with Gasteiger partial charge < -0.3 is 5.32 Å². The summed E-state index contributed by atoms with van der Waals surface area (Å²) in [6, 6.07) is 5.06. The van der Waals surface area contributed by atoms with Crippen LogP contribution in [0, 0.1) is 5.82 Å².